The molecule has 32 heavy (non-hydrogen) atoms. The fraction of sp³-hybridized carbons (Fsp3) is 0.444. The number of ether oxygens (including phenoxy) is 1. The molecule has 2 aliphatic carbocycles. The standard InChI is InChI=1S/C27H30ClNO3/c1-18-21(14-29-15-22(16-29)26(30)31)5-4-20-12-24(8-9-25(18)20)32-17-27(10-11-27)13-19-2-6-23(28)7-3-19/h2-3,6-9,12,22H,4-5,10-11,13-17H2,1H3,(H,30,31). The summed E-state index contributed by atoms with van der Waals surface area (Å²) >= 11 is 6.02. The number of benzene rings is 2. The van der Waals surface area contributed by atoms with Crippen LogP contribution in [-0.2, 0) is 17.6 Å². The first-order valence-electron chi connectivity index (χ1n) is 11.6. The Morgan fingerprint density at radius 3 is 2.59 bits per heavy atom. The summed E-state index contributed by atoms with van der Waals surface area (Å²) in [7, 11) is 0. The lowest BCUT2D eigenvalue weighted by molar-refractivity contribution is -0.147. The molecule has 1 saturated carbocycles. The normalized spacial score (nSPS) is 19.9. The molecule has 0 unspecified atom stereocenters. The second-order valence-corrected chi connectivity index (χ2v) is 10.3. The van der Waals surface area contributed by atoms with Crippen LogP contribution in [0.2, 0.25) is 5.02 Å². The molecule has 1 aliphatic heterocycles. The van der Waals surface area contributed by atoms with Gasteiger partial charge in [-0.1, -0.05) is 35.4 Å². The van der Waals surface area contributed by atoms with E-state index in [9.17, 15) is 4.79 Å². The highest BCUT2D eigenvalue weighted by Crippen LogP contribution is 2.49. The zero-order valence-corrected chi connectivity index (χ0v) is 19.3. The number of rotatable bonds is 8. The van der Waals surface area contributed by atoms with Gasteiger partial charge in [-0.3, -0.25) is 9.69 Å². The fourth-order valence-electron chi connectivity index (χ4n) is 5.04. The zero-order valence-electron chi connectivity index (χ0n) is 18.6. The minimum atomic E-state index is -0.672. The second kappa shape index (κ2) is 8.57. The minimum Gasteiger partial charge on any atom is -0.493 e. The van der Waals surface area contributed by atoms with Crippen molar-refractivity contribution in [3.63, 3.8) is 0 Å². The molecule has 0 bridgehead atoms. The number of likely N-dealkylation sites (tertiary alicyclic amines) is 1. The fourth-order valence-corrected chi connectivity index (χ4v) is 5.17. The summed E-state index contributed by atoms with van der Waals surface area (Å²) in [6.07, 6.45) is 5.53. The van der Waals surface area contributed by atoms with Gasteiger partial charge in [0.2, 0.25) is 0 Å². The minimum absolute atomic E-state index is 0.194. The Morgan fingerprint density at radius 2 is 1.91 bits per heavy atom. The Morgan fingerprint density at radius 1 is 1.16 bits per heavy atom. The highest BCUT2D eigenvalue weighted by molar-refractivity contribution is 6.30. The van der Waals surface area contributed by atoms with Crippen molar-refractivity contribution < 1.29 is 14.6 Å². The van der Waals surface area contributed by atoms with Crippen molar-refractivity contribution in [1.29, 1.82) is 0 Å². The van der Waals surface area contributed by atoms with E-state index in [1.54, 1.807) is 0 Å². The largest absolute Gasteiger partial charge is 0.493 e. The Kier molecular flexibility index (Phi) is 5.77. The molecule has 0 amide bonds. The molecule has 168 valence electrons. The Labute approximate surface area is 194 Å². The third-order valence-electron chi connectivity index (χ3n) is 7.42. The summed E-state index contributed by atoms with van der Waals surface area (Å²) < 4.78 is 6.28. The summed E-state index contributed by atoms with van der Waals surface area (Å²) in [6, 6.07) is 14.7. The predicted octanol–water partition coefficient (Wildman–Crippen LogP) is 5.48. The van der Waals surface area contributed by atoms with E-state index in [2.05, 4.69) is 42.2 Å². The number of fused-ring (bicyclic) bond motifs is 1. The average Bonchev–Trinajstić information content (AvgIpc) is 3.51. The third-order valence-corrected chi connectivity index (χ3v) is 7.67. The Bertz CT molecular complexity index is 1050. The molecule has 4 nitrogen and oxygen atoms in total. The van der Waals surface area contributed by atoms with Gasteiger partial charge in [-0.25, -0.2) is 0 Å². The van der Waals surface area contributed by atoms with Gasteiger partial charge < -0.3 is 9.84 Å². The van der Waals surface area contributed by atoms with Crippen molar-refractivity contribution in [3.8, 4) is 5.75 Å². The monoisotopic (exact) mass is 451 g/mol. The number of aryl methyl sites for hydroxylation is 1. The van der Waals surface area contributed by atoms with E-state index in [4.69, 9.17) is 21.4 Å². The van der Waals surface area contributed by atoms with Crippen molar-refractivity contribution in [2.45, 2.75) is 39.0 Å². The van der Waals surface area contributed by atoms with E-state index in [1.807, 2.05) is 12.1 Å². The molecule has 0 radical (unpaired) electrons. The van der Waals surface area contributed by atoms with Crippen molar-refractivity contribution >= 4 is 23.1 Å². The average molecular weight is 452 g/mol. The lowest BCUT2D eigenvalue weighted by atomic mass is 9.85. The van der Waals surface area contributed by atoms with Crippen molar-refractivity contribution in [1.82, 2.24) is 4.90 Å². The number of carboxylic acid groups (broad SMARTS) is 1. The molecule has 0 spiro atoms. The molecular weight excluding hydrogens is 422 g/mol. The van der Waals surface area contributed by atoms with Gasteiger partial charge in [0.25, 0.3) is 0 Å². The van der Waals surface area contributed by atoms with Crippen LogP contribution in [-0.4, -0.2) is 42.2 Å². The summed E-state index contributed by atoms with van der Waals surface area (Å²) in [5, 5.41) is 9.87. The van der Waals surface area contributed by atoms with Crippen LogP contribution in [0.4, 0.5) is 0 Å². The van der Waals surface area contributed by atoms with Gasteiger partial charge in [-0.15, -0.1) is 0 Å². The maximum absolute atomic E-state index is 11.0. The number of carbonyl (C=O) groups is 1. The molecule has 0 aromatic heterocycles. The SMILES string of the molecule is CC1=C(CN2CC(C(=O)O)C2)CCc2cc(OCC3(Cc4ccc(Cl)cc4)CC3)ccc21. The lowest BCUT2D eigenvalue weighted by Gasteiger charge is -2.38. The number of carboxylic acids is 1. The van der Waals surface area contributed by atoms with Gasteiger partial charge in [-0.05, 0) is 85.6 Å². The zero-order chi connectivity index (χ0) is 22.3. The predicted molar refractivity (Wildman–Crippen MR) is 127 cm³/mol. The highest BCUT2D eigenvalue weighted by atomic mass is 35.5. The summed E-state index contributed by atoms with van der Waals surface area (Å²) in [4.78, 5) is 13.3. The molecule has 2 aromatic rings. The number of allylic oxidation sites excluding steroid dienone is 1. The van der Waals surface area contributed by atoms with Gasteiger partial charge in [-0.2, -0.15) is 0 Å². The van der Waals surface area contributed by atoms with Crippen molar-refractivity contribution in [2.75, 3.05) is 26.2 Å². The van der Waals surface area contributed by atoms with Gasteiger partial charge in [0.15, 0.2) is 0 Å². The van der Waals surface area contributed by atoms with E-state index in [1.165, 1.54) is 40.7 Å². The first-order chi connectivity index (χ1) is 15.4. The van der Waals surface area contributed by atoms with E-state index in [0.29, 0.717) is 13.1 Å². The quantitative estimate of drug-likeness (QED) is 0.577. The molecule has 3 aliphatic rings. The molecule has 5 heteroatoms. The van der Waals surface area contributed by atoms with E-state index in [-0.39, 0.29) is 11.3 Å². The van der Waals surface area contributed by atoms with Crippen molar-refractivity contribution in [3.05, 3.63) is 69.8 Å². The number of aliphatic carboxylic acids is 1. The molecule has 1 heterocycles. The maximum Gasteiger partial charge on any atom is 0.309 e. The van der Waals surface area contributed by atoms with Gasteiger partial charge >= 0.3 is 5.97 Å². The summed E-state index contributed by atoms with van der Waals surface area (Å²) in [5.74, 6) is 0.102. The van der Waals surface area contributed by atoms with Crippen LogP contribution < -0.4 is 4.74 Å². The van der Waals surface area contributed by atoms with Crippen molar-refractivity contribution in [2.24, 2.45) is 11.3 Å². The number of hydrogen-bond donors (Lipinski definition) is 1. The third kappa shape index (κ3) is 4.57. The lowest BCUT2D eigenvalue weighted by Crippen LogP contribution is -2.50. The Hall–Kier alpha value is -2.30. The first kappa shape index (κ1) is 21.5. The van der Waals surface area contributed by atoms with Crippen LogP contribution in [0.5, 0.6) is 5.75 Å². The molecule has 5 rings (SSSR count). The van der Waals surface area contributed by atoms with E-state index >= 15 is 0 Å². The van der Waals surface area contributed by atoms with Gasteiger partial charge in [0, 0.05) is 30.1 Å². The van der Waals surface area contributed by atoms with Gasteiger partial charge in [0.05, 0.1) is 12.5 Å². The first-order valence-corrected chi connectivity index (χ1v) is 11.9. The van der Waals surface area contributed by atoms with Crippen LogP contribution in [0.15, 0.2) is 48.0 Å². The second-order valence-electron chi connectivity index (χ2n) is 9.87. The number of nitrogens with zero attached hydrogens (tertiary/aromatic N) is 1. The molecule has 0 atom stereocenters. The topological polar surface area (TPSA) is 49.8 Å². The van der Waals surface area contributed by atoms with Crippen LogP contribution in [0.25, 0.3) is 5.57 Å². The molecule has 1 N–H and O–H groups in total. The number of hydrogen-bond acceptors (Lipinski definition) is 3. The molecule has 2 fully saturated rings. The van der Waals surface area contributed by atoms with E-state index in [0.717, 1.165) is 43.2 Å². The van der Waals surface area contributed by atoms with Crippen LogP contribution in [0.1, 0.15) is 42.9 Å². The van der Waals surface area contributed by atoms with Crippen LogP contribution in [0.3, 0.4) is 0 Å². The Balaban J connectivity index is 1.20. The molecule has 2 aromatic carbocycles. The van der Waals surface area contributed by atoms with Crippen LogP contribution >= 0.6 is 11.6 Å². The number of halogens is 1. The van der Waals surface area contributed by atoms with Gasteiger partial charge in [0.1, 0.15) is 5.75 Å². The highest BCUT2D eigenvalue weighted by Gasteiger charge is 2.43. The smallest absolute Gasteiger partial charge is 0.309 e. The molecule has 1 saturated heterocycles. The summed E-state index contributed by atoms with van der Waals surface area (Å²) in [5.41, 5.74) is 7.05. The molecular formula is C27H30ClNO3. The van der Waals surface area contributed by atoms with Crippen LogP contribution in [0, 0.1) is 11.3 Å². The maximum atomic E-state index is 11.0. The van der Waals surface area contributed by atoms with E-state index < -0.39 is 5.97 Å². The summed E-state index contributed by atoms with van der Waals surface area (Å²) in [6.45, 7) is 5.19.